The summed E-state index contributed by atoms with van der Waals surface area (Å²) in [6.07, 6.45) is 7.94. The number of hydrogen-bond acceptors (Lipinski definition) is 3. The minimum Gasteiger partial charge on any atom is -0.382 e. The summed E-state index contributed by atoms with van der Waals surface area (Å²) in [7, 11) is 4.07. The number of halogens is 1. The normalized spacial score (nSPS) is 16.5. The van der Waals surface area contributed by atoms with Gasteiger partial charge in [0.15, 0.2) is 5.96 Å². The van der Waals surface area contributed by atoms with Crippen molar-refractivity contribution in [2.45, 2.75) is 51.5 Å². The molecule has 0 heterocycles. The molecule has 0 radical (unpaired) electrons. The van der Waals surface area contributed by atoms with Crippen LogP contribution in [-0.4, -0.2) is 63.8 Å². The third kappa shape index (κ3) is 9.84. The van der Waals surface area contributed by atoms with E-state index in [1.165, 1.54) is 32.1 Å². The van der Waals surface area contributed by atoms with E-state index in [1.54, 1.807) is 0 Å². The van der Waals surface area contributed by atoms with Crippen molar-refractivity contribution < 1.29 is 4.74 Å². The summed E-state index contributed by atoms with van der Waals surface area (Å²) >= 11 is 0. The van der Waals surface area contributed by atoms with Crippen LogP contribution in [0.25, 0.3) is 0 Å². The summed E-state index contributed by atoms with van der Waals surface area (Å²) in [5, 5.41) is 6.71. The zero-order valence-corrected chi connectivity index (χ0v) is 16.9. The Kier molecular flexibility index (Phi) is 14.5. The van der Waals surface area contributed by atoms with Gasteiger partial charge in [0.1, 0.15) is 0 Å². The van der Waals surface area contributed by atoms with Gasteiger partial charge in [-0.05, 0) is 33.2 Å². The lowest BCUT2D eigenvalue weighted by atomic mass is 9.94. The molecule has 22 heavy (non-hydrogen) atoms. The smallest absolute Gasteiger partial charge is 0.191 e. The van der Waals surface area contributed by atoms with Crippen molar-refractivity contribution in [3.05, 3.63) is 0 Å². The van der Waals surface area contributed by atoms with Crippen LogP contribution in [0.5, 0.6) is 0 Å². The predicted octanol–water partition coefficient (Wildman–Crippen LogP) is 2.46. The molecule has 6 heteroatoms. The van der Waals surface area contributed by atoms with Crippen molar-refractivity contribution in [3.8, 4) is 0 Å². The molecule has 0 saturated heterocycles. The number of rotatable bonds is 9. The Morgan fingerprint density at radius 3 is 2.50 bits per heavy atom. The van der Waals surface area contributed by atoms with Gasteiger partial charge in [-0.2, -0.15) is 0 Å². The van der Waals surface area contributed by atoms with Crippen LogP contribution in [0.4, 0.5) is 0 Å². The SMILES string of the molecule is CCOCCCNC(=NC)NCCN(C)C1CCCCC1.I. The molecule has 0 spiro atoms. The maximum absolute atomic E-state index is 5.32. The maximum Gasteiger partial charge on any atom is 0.191 e. The van der Waals surface area contributed by atoms with Crippen molar-refractivity contribution in [1.29, 1.82) is 0 Å². The van der Waals surface area contributed by atoms with Crippen LogP contribution in [0.2, 0.25) is 0 Å². The Labute approximate surface area is 153 Å². The average molecular weight is 426 g/mol. The van der Waals surface area contributed by atoms with E-state index < -0.39 is 0 Å². The molecule has 0 atom stereocenters. The summed E-state index contributed by atoms with van der Waals surface area (Å²) in [4.78, 5) is 6.74. The minimum absolute atomic E-state index is 0. The molecule has 0 aliphatic heterocycles. The van der Waals surface area contributed by atoms with Crippen molar-refractivity contribution in [2.75, 3.05) is 46.9 Å². The lowest BCUT2D eigenvalue weighted by Crippen LogP contribution is -2.43. The second kappa shape index (κ2) is 14.5. The van der Waals surface area contributed by atoms with Gasteiger partial charge in [0.05, 0.1) is 0 Å². The Morgan fingerprint density at radius 2 is 1.86 bits per heavy atom. The van der Waals surface area contributed by atoms with Crippen LogP contribution in [0.15, 0.2) is 4.99 Å². The monoisotopic (exact) mass is 426 g/mol. The van der Waals surface area contributed by atoms with E-state index in [9.17, 15) is 0 Å². The molecule has 1 fully saturated rings. The zero-order valence-electron chi connectivity index (χ0n) is 14.6. The Bertz CT molecular complexity index is 283. The molecule has 0 aromatic carbocycles. The van der Waals surface area contributed by atoms with Crippen LogP contribution in [-0.2, 0) is 4.74 Å². The molecule has 0 bridgehead atoms. The van der Waals surface area contributed by atoms with Crippen LogP contribution in [0.1, 0.15) is 45.4 Å². The van der Waals surface area contributed by atoms with E-state index >= 15 is 0 Å². The molecule has 2 N–H and O–H groups in total. The van der Waals surface area contributed by atoms with Gasteiger partial charge in [-0.3, -0.25) is 4.99 Å². The van der Waals surface area contributed by atoms with Gasteiger partial charge in [0, 0.05) is 45.9 Å². The molecule has 1 rings (SSSR count). The second-order valence-corrected chi connectivity index (χ2v) is 5.75. The predicted molar refractivity (Wildman–Crippen MR) is 105 cm³/mol. The fraction of sp³-hybridized carbons (Fsp3) is 0.938. The third-order valence-corrected chi connectivity index (χ3v) is 4.14. The van der Waals surface area contributed by atoms with E-state index in [0.29, 0.717) is 0 Å². The fourth-order valence-corrected chi connectivity index (χ4v) is 2.80. The number of ether oxygens (including phenoxy) is 1. The van der Waals surface area contributed by atoms with Crippen LogP contribution >= 0.6 is 24.0 Å². The molecule has 0 amide bonds. The number of nitrogens with zero attached hydrogens (tertiary/aromatic N) is 2. The Balaban J connectivity index is 0.00000441. The molecular formula is C16H35IN4O. The summed E-state index contributed by atoms with van der Waals surface area (Å²) in [6, 6.07) is 0.779. The highest BCUT2D eigenvalue weighted by Gasteiger charge is 2.17. The van der Waals surface area contributed by atoms with Crippen LogP contribution in [0.3, 0.4) is 0 Å². The van der Waals surface area contributed by atoms with E-state index in [-0.39, 0.29) is 24.0 Å². The first-order valence-electron chi connectivity index (χ1n) is 8.50. The van der Waals surface area contributed by atoms with E-state index in [4.69, 9.17) is 4.74 Å². The molecule has 0 aromatic heterocycles. The van der Waals surface area contributed by atoms with E-state index in [1.807, 2.05) is 14.0 Å². The summed E-state index contributed by atoms with van der Waals surface area (Å²) in [5.74, 6) is 0.892. The topological polar surface area (TPSA) is 48.9 Å². The summed E-state index contributed by atoms with van der Waals surface area (Å²) in [5.41, 5.74) is 0. The average Bonchev–Trinajstić information content (AvgIpc) is 2.53. The Morgan fingerprint density at radius 1 is 1.18 bits per heavy atom. The summed E-state index contributed by atoms with van der Waals surface area (Å²) < 4.78 is 5.32. The van der Waals surface area contributed by atoms with Gasteiger partial charge >= 0.3 is 0 Å². The van der Waals surface area contributed by atoms with E-state index in [0.717, 1.165) is 51.3 Å². The van der Waals surface area contributed by atoms with Gasteiger partial charge in [0.2, 0.25) is 0 Å². The first-order chi connectivity index (χ1) is 10.3. The molecule has 5 nitrogen and oxygen atoms in total. The fourth-order valence-electron chi connectivity index (χ4n) is 2.80. The molecular weight excluding hydrogens is 391 g/mol. The van der Waals surface area contributed by atoms with Gasteiger partial charge in [0.25, 0.3) is 0 Å². The second-order valence-electron chi connectivity index (χ2n) is 5.75. The van der Waals surface area contributed by atoms with Gasteiger partial charge in [-0.25, -0.2) is 0 Å². The maximum atomic E-state index is 5.32. The van der Waals surface area contributed by atoms with Crippen LogP contribution < -0.4 is 10.6 Å². The highest BCUT2D eigenvalue weighted by Crippen LogP contribution is 2.21. The molecule has 1 saturated carbocycles. The molecule has 1 aliphatic carbocycles. The first kappa shape index (κ1) is 21.9. The molecule has 132 valence electrons. The third-order valence-electron chi connectivity index (χ3n) is 4.14. The number of aliphatic imine (C=N–C) groups is 1. The van der Waals surface area contributed by atoms with Gasteiger partial charge < -0.3 is 20.3 Å². The van der Waals surface area contributed by atoms with Crippen molar-refractivity contribution in [1.82, 2.24) is 15.5 Å². The zero-order chi connectivity index (χ0) is 15.3. The highest BCUT2D eigenvalue weighted by molar-refractivity contribution is 14.0. The largest absolute Gasteiger partial charge is 0.382 e. The quantitative estimate of drug-likeness (QED) is 0.258. The highest BCUT2D eigenvalue weighted by atomic mass is 127. The lowest BCUT2D eigenvalue weighted by molar-refractivity contribution is 0.145. The lowest BCUT2D eigenvalue weighted by Gasteiger charge is -2.31. The van der Waals surface area contributed by atoms with E-state index in [2.05, 4.69) is 27.6 Å². The number of nitrogens with one attached hydrogen (secondary N) is 2. The van der Waals surface area contributed by atoms with Crippen molar-refractivity contribution in [2.24, 2.45) is 4.99 Å². The Hall–Kier alpha value is -0.0800. The van der Waals surface area contributed by atoms with Crippen molar-refractivity contribution >= 4 is 29.9 Å². The standard InChI is InChI=1S/C16H34N4O.HI/c1-4-21-14-8-11-18-16(17-2)19-12-13-20(3)15-9-6-5-7-10-15;/h15H,4-14H2,1-3H3,(H2,17,18,19);1H. The number of likely N-dealkylation sites (N-methyl/N-ethyl adjacent to an activating group) is 1. The van der Waals surface area contributed by atoms with Gasteiger partial charge in [-0.1, -0.05) is 19.3 Å². The van der Waals surface area contributed by atoms with Gasteiger partial charge in [-0.15, -0.1) is 24.0 Å². The molecule has 1 aliphatic rings. The first-order valence-corrected chi connectivity index (χ1v) is 8.50. The molecule has 0 aromatic rings. The molecule has 0 unspecified atom stereocenters. The summed E-state index contributed by atoms with van der Waals surface area (Å²) in [6.45, 7) is 6.54. The van der Waals surface area contributed by atoms with Crippen molar-refractivity contribution in [3.63, 3.8) is 0 Å². The number of hydrogen-bond donors (Lipinski definition) is 2. The number of guanidine groups is 1. The van der Waals surface area contributed by atoms with Crippen LogP contribution in [0, 0.1) is 0 Å². The minimum atomic E-state index is 0.